The van der Waals surface area contributed by atoms with Gasteiger partial charge in [0.15, 0.2) is 11.6 Å². The van der Waals surface area contributed by atoms with Crippen molar-refractivity contribution in [1.29, 1.82) is 0 Å². The van der Waals surface area contributed by atoms with Crippen LogP contribution in [0.4, 0.5) is 10.2 Å². The fraction of sp³-hybridized carbons (Fsp3) is 0.176. The van der Waals surface area contributed by atoms with Gasteiger partial charge in [0.2, 0.25) is 0 Å². The van der Waals surface area contributed by atoms with E-state index >= 15 is 0 Å². The minimum absolute atomic E-state index is 0.277. The zero-order valence-electron chi connectivity index (χ0n) is 13.7. The molecule has 24 heavy (non-hydrogen) atoms. The Morgan fingerprint density at radius 3 is 2.38 bits per heavy atom. The molecule has 1 N–H and O–H groups in total. The molecule has 0 unspecified atom stereocenters. The van der Waals surface area contributed by atoms with Crippen LogP contribution in [0.15, 0.2) is 41.5 Å². The molecule has 1 aromatic carbocycles. The van der Waals surface area contributed by atoms with Crippen molar-refractivity contribution in [2.75, 3.05) is 5.43 Å². The van der Waals surface area contributed by atoms with E-state index in [2.05, 4.69) is 25.8 Å². The molecular weight excluding hydrogens is 307 g/mol. The highest BCUT2D eigenvalue weighted by Gasteiger charge is 2.10. The zero-order chi connectivity index (χ0) is 17.1. The summed E-state index contributed by atoms with van der Waals surface area (Å²) in [4.78, 5) is 0. The maximum Gasteiger partial charge on any atom is 0.176 e. The van der Waals surface area contributed by atoms with E-state index in [1.165, 1.54) is 12.1 Å². The maximum absolute atomic E-state index is 12.8. The van der Waals surface area contributed by atoms with Gasteiger partial charge in [0, 0.05) is 5.69 Å². The van der Waals surface area contributed by atoms with Gasteiger partial charge in [-0.15, -0.1) is 10.2 Å². The lowest BCUT2D eigenvalue weighted by molar-refractivity contribution is 0.628. The largest absolute Gasteiger partial charge is 0.260 e. The molecule has 2 aromatic heterocycles. The van der Waals surface area contributed by atoms with Crippen molar-refractivity contribution in [3.8, 4) is 5.82 Å². The number of rotatable bonds is 4. The van der Waals surface area contributed by atoms with Gasteiger partial charge in [0.1, 0.15) is 5.82 Å². The second-order valence-corrected chi connectivity index (χ2v) is 5.41. The minimum atomic E-state index is -0.277. The van der Waals surface area contributed by atoms with Crippen LogP contribution in [0.5, 0.6) is 0 Å². The molecule has 0 fully saturated rings. The van der Waals surface area contributed by atoms with Gasteiger partial charge in [-0.05, 0) is 56.2 Å². The Morgan fingerprint density at radius 2 is 1.79 bits per heavy atom. The lowest BCUT2D eigenvalue weighted by Gasteiger charge is -2.04. The zero-order valence-corrected chi connectivity index (χ0v) is 13.7. The number of aromatic nitrogens is 4. The molecule has 0 saturated carbocycles. The third-order valence-electron chi connectivity index (χ3n) is 3.78. The van der Waals surface area contributed by atoms with Gasteiger partial charge in [0.05, 0.1) is 11.9 Å². The number of nitrogens with one attached hydrogen (secondary N) is 1. The van der Waals surface area contributed by atoms with E-state index in [1.807, 2.05) is 26.8 Å². The molecule has 6 nitrogen and oxygen atoms in total. The molecule has 0 spiro atoms. The number of halogens is 1. The van der Waals surface area contributed by atoms with Crippen molar-refractivity contribution in [2.24, 2.45) is 5.10 Å². The molecule has 0 atom stereocenters. The first-order valence-electron chi connectivity index (χ1n) is 7.46. The van der Waals surface area contributed by atoms with E-state index in [9.17, 15) is 4.39 Å². The summed E-state index contributed by atoms with van der Waals surface area (Å²) in [5, 5.41) is 16.8. The monoisotopic (exact) mass is 324 g/mol. The summed E-state index contributed by atoms with van der Waals surface area (Å²) in [7, 11) is 0. The summed E-state index contributed by atoms with van der Waals surface area (Å²) in [5.41, 5.74) is 6.73. The van der Waals surface area contributed by atoms with Crippen molar-refractivity contribution in [1.82, 2.24) is 20.0 Å². The highest BCUT2D eigenvalue weighted by Crippen LogP contribution is 2.15. The Labute approximate surface area is 139 Å². The Balaban J connectivity index is 1.70. The van der Waals surface area contributed by atoms with Gasteiger partial charge in [-0.25, -0.2) is 9.07 Å². The SMILES string of the molecule is Cc1nn(-c2ccc(N/N=C\c3ccc(F)cc3)nn2)c(C)c1C. The Hall–Kier alpha value is -3.09. The second kappa shape index (κ2) is 6.57. The molecule has 0 amide bonds. The fourth-order valence-corrected chi connectivity index (χ4v) is 2.16. The summed E-state index contributed by atoms with van der Waals surface area (Å²) >= 11 is 0. The lowest BCUT2D eigenvalue weighted by atomic mass is 10.2. The Morgan fingerprint density at radius 1 is 1.04 bits per heavy atom. The predicted molar refractivity (Wildman–Crippen MR) is 91.0 cm³/mol. The van der Waals surface area contributed by atoms with Gasteiger partial charge in [0.25, 0.3) is 0 Å². The van der Waals surface area contributed by atoms with Crippen LogP contribution in [0.3, 0.4) is 0 Å². The topological polar surface area (TPSA) is 68.0 Å². The normalized spacial score (nSPS) is 11.2. The summed E-state index contributed by atoms with van der Waals surface area (Å²) in [6.07, 6.45) is 1.58. The molecule has 0 aliphatic carbocycles. The van der Waals surface area contributed by atoms with Crippen LogP contribution in [-0.4, -0.2) is 26.2 Å². The molecule has 7 heteroatoms. The van der Waals surface area contributed by atoms with E-state index in [4.69, 9.17) is 0 Å². The Bertz CT molecular complexity index is 865. The average Bonchev–Trinajstić information content (AvgIpc) is 2.85. The van der Waals surface area contributed by atoms with Crippen LogP contribution in [0.2, 0.25) is 0 Å². The first-order valence-corrected chi connectivity index (χ1v) is 7.46. The molecule has 122 valence electrons. The number of hydrazone groups is 1. The molecule has 0 aliphatic heterocycles. The minimum Gasteiger partial charge on any atom is -0.260 e. The molecule has 2 heterocycles. The van der Waals surface area contributed by atoms with Crippen molar-refractivity contribution >= 4 is 12.0 Å². The number of nitrogens with zero attached hydrogens (tertiary/aromatic N) is 5. The quantitative estimate of drug-likeness (QED) is 0.591. The fourth-order valence-electron chi connectivity index (χ4n) is 2.16. The summed E-state index contributed by atoms with van der Waals surface area (Å²) < 4.78 is 14.6. The van der Waals surface area contributed by atoms with Gasteiger partial charge in [-0.2, -0.15) is 10.2 Å². The smallest absolute Gasteiger partial charge is 0.176 e. The first-order chi connectivity index (χ1) is 11.5. The number of benzene rings is 1. The van der Waals surface area contributed by atoms with E-state index in [-0.39, 0.29) is 5.82 Å². The molecule has 3 aromatic rings. The molecule has 0 radical (unpaired) electrons. The maximum atomic E-state index is 12.8. The van der Waals surface area contributed by atoms with Gasteiger partial charge < -0.3 is 0 Å². The second-order valence-electron chi connectivity index (χ2n) is 5.41. The lowest BCUT2D eigenvalue weighted by Crippen LogP contribution is -2.04. The molecule has 3 rings (SSSR count). The van der Waals surface area contributed by atoms with E-state index in [1.54, 1.807) is 29.1 Å². The molecular formula is C17H17FN6. The third kappa shape index (κ3) is 3.29. The molecule has 0 aliphatic rings. The average molecular weight is 324 g/mol. The van der Waals surface area contributed by atoms with Crippen LogP contribution in [-0.2, 0) is 0 Å². The number of hydrogen-bond donors (Lipinski definition) is 1. The highest BCUT2D eigenvalue weighted by molar-refractivity contribution is 5.79. The predicted octanol–water partition coefficient (Wildman–Crippen LogP) is 3.17. The van der Waals surface area contributed by atoms with E-state index in [0.29, 0.717) is 11.6 Å². The molecule has 0 saturated heterocycles. The summed E-state index contributed by atoms with van der Waals surface area (Å²) in [5.74, 6) is 0.882. The Kier molecular flexibility index (Phi) is 4.33. The van der Waals surface area contributed by atoms with Gasteiger partial charge in [-0.1, -0.05) is 12.1 Å². The van der Waals surface area contributed by atoms with Crippen molar-refractivity contribution in [3.05, 3.63) is 64.7 Å². The number of hydrogen-bond acceptors (Lipinski definition) is 5. The van der Waals surface area contributed by atoms with Crippen molar-refractivity contribution in [2.45, 2.75) is 20.8 Å². The summed E-state index contributed by atoms with van der Waals surface area (Å²) in [6.45, 7) is 5.99. The first kappa shape index (κ1) is 15.8. The van der Waals surface area contributed by atoms with Crippen LogP contribution in [0, 0.1) is 26.6 Å². The third-order valence-corrected chi connectivity index (χ3v) is 3.78. The van der Waals surface area contributed by atoms with Crippen molar-refractivity contribution < 1.29 is 4.39 Å². The van der Waals surface area contributed by atoms with Crippen LogP contribution in [0.25, 0.3) is 5.82 Å². The summed E-state index contributed by atoms with van der Waals surface area (Å²) in [6, 6.07) is 9.64. The van der Waals surface area contributed by atoms with E-state index in [0.717, 1.165) is 22.5 Å². The number of anilines is 1. The van der Waals surface area contributed by atoms with Gasteiger partial charge >= 0.3 is 0 Å². The van der Waals surface area contributed by atoms with Crippen molar-refractivity contribution in [3.63, 3.8) is 0 Å². The van der Waals surface area contributed by atoms with Gasteiger partial charge in [-0.3, -0.25) is 5.43 Å². The highest BCUT2D eigenvalue weighted by atomic mass is 19.1. The van der Waals surface area contributed by atoms with Crippen LogP contribution >= 0.6 is 0 Å². The number of aryl methyl sites for hydroxylation is 1. The molecule has 0 bridgehead atoms. The van der Waals surface area contributed by atoms with Crippen LogP contribution < -0.4 is 5.43 Å². The standard InChI is InChI=1S/C17H17FN6/c1-11-12(2)23-24(13(11)3)17-9-8-16(21-22-17)20-19-10-14-4-6-15(18)7-5-14/h4-10H,1-3H3,(H,20,21)/b19-10-. The van der Waals surface area contributed by atoms with Crippen LogP contribution in [0.1, 0.15) is 22.5 Å². The van der Waals surface area contributed by atoms with E-state index < -0.39 is 0 Å².